The molecule has 140 valence electrons. The van der Waals surface area contributed by atoms with E-state index in [0.29, 0.717) is 11.7 Å². The molecule has 1 fully saturated rings. The van der Waals surface area contributed by atoms with Gasteiger partial charge in [-0.3, -0.25) is 4.79 Å². The molecule has 8 heteroatoms. The summed E-state index contributed by atoms with van der Waals surface area (Å²) in [6.07, 6.45) is 1.88. The van der Waals surface area contributed by atoms with Gasteiger partial charge in [-0.25, -0.2) is 8.78 Å². The molecule has 0 spiro atoms. The van der Waals surface area contributed by atoms with Gasteiger partial charge in [0.1, 0.15) is 11.5 Å². The first-order chi connectivity index (χ1) is 12.5. The summed E-state index contributed by atoms with van der Waals surface area (Å²) in [4.78, 5) is 13.3. The number of carbonyl (C=O) groups excluding carboxylic acids is 1. The number of carbonyl (C=O) groups is 1. The van der Waals surface area contributed by atoms with Crippen LogP contribution in [0.4, 0.5) is 8.78 Å². The number of fused-ring (bicyclic) bond motifs is 1. The fraction of sp³-hybridized carbons (Fsp3) is 0.556. The van der Waals surface area contributed by atoms with Crippen molar-refractivity contribution in [1.29, 1.82) is 0 Å². The Morgan fingerprint density at radius 3 is 2.96 bits per heavy atom. The van der Waals surface area contributed by atoms with Gasteiger partial charge in [0.25, 0.3) is 0 Å². The molecule has 1 saturated carbocycles. The summed E-state index contributed by atoms with van der Waals surface area (Å²) in [6.45, 7) is 1.07. The minimum absolute atomic E-state index is 0.234. The molecular weight excluding hydrogens is 360 g/mol. The van der Waals surface area contributed by atoms with Gasteiger partial charge < -0.3 is 15.2 Å². The molecule has 0 radical (unpaired) electrons. The molecule has 2 aromatic heterocycles. The molecule has 0 aromatic carbocycles. The highest BCUT2D eigenvalue weighted by Crippen LogP contribution is 2.42. The van der Waals surface area contributed by atoms with Gasteiger partial charge in [-0.1, -0.05) is 11.2 Å². The van der Waals surface area contributed by atoms with Crippen molar-refractivity contribution >= 4 is 17.2 Å². The Morgan fingerprint density at radius 1 is 1.38 bits per heavy atom. The fourth-order valence-electron chi connectivity index (χ4n) is 3.60. The fourth-order valence-corrected chi connectivity index (χ4v) is 4.25. The minimum atomic E-state index is -2.68. The summed E-state index contributed by atoms with van der Waals surface area (Å²) in [7, 11) is 0. The summed E-state index contributed by atoms with van der Waals surface area (Å²) in [5.74, 6) is -2.72. The van der Waals surface area contributed by atoms with Crippen LogP contribution < -0.4 is 10.6 Å². The van der Waals surface area contributed by atoms with Gasteiger partial charge in [-0.2, -0.15) is 0 Å². The third kappa shape index (κ3) is 3.81. The summed E-state index contributed by atoms with van der Waals surface area (Å²) < 4.78 is 31.2. The molecular formula is C18H21F2N3O2S. The first-order valence-corrected chi connectivity index (χ1v) is 9.76. The smallest absolute Gasteiger partial charge is 0.249 e. The van der Waals surface area contributed by atoms with Crippen molar-refractivity contribution in [3.63, 3.8) is 0 Å². The number of rotatable bonds is 6. The number of nitrogens with one attached hydrogen (secondary N) is 2. The maximum Gasteiger partial charge on any atom is 0.249 e. The standard InChI is InChI=1S/C18H21F2N3O2S/c19-18(20)7-11(8-18)17(24)22-10-15-14-6-12(3-4-16(14)25-23-15)21-9-13-2-1-5-26-13/h1-2,5,11-12,21H,3-4,6-10H2,(H,22,24). The number of hydrogen-bond donors (Lipinski definition) is 2. The normalized spacial score (nSPS) is 21.8. The van der Waals surface area contributed by atoms with E-state index >= 15 is 0 Å². The van der Waals surface area contributed by atoms with Crippen LogP contribution >= 0.6 is 11.3 Å². The van der Waals surface area contributed by atoms with E-state index in [1.54, 1.807) is 11.3 Å². The lowest BCUT2D eigenvalue weighted by atomic mass is 9.81. The first-order valence-electron chi connectivity index (χ1n) is 8.88. The number of alkyl halides is 2. The maximum atomic E-state index is 12.9. The molecule has 1 unspecified atom stereocenters. The van der Waals surface area contributed by atoms with Crippen molar-refractivity contribution in [2.75, 3.05) is 0 Å². The second-order valence-electron chi connectivity index (χ2n) is 7.11. The largest absolute Gasteiger partial charge is 0.361 e. The molecule has 2 aliphatic carbocycles. The zero-order valence-electron chi connectivity index (χ0n) is 14.3. The number of amides is 1. The number of halogens is 2. The highest BCUT2D eigenvalue weighted by molar-refractivity contribution is 7.09. The van der Waals surface area contributed by atoms with Gasteiger partial charge in [0.15, 0.2) is 0 Å². The quantitative estimate of drug-likeness (QED) is 0.807. The van der Waals surface area contributed by atoms with E-state index < -0.39 is 11.8 Å². The van der Waals surface area contributed by atoms with Crippen LogP contribution in [-0.2, 0) is 30.7 Å². The molecule has 2 heterocycles. The van der Waals surface area contributed by atoms with Crippen LogP contribution in [-0.4, -0.2) is 23.0 Å². The van der Waals surface area contributed by atoms with Gasteiger partial charge in [-0.15, -0.1) is 11.3 Å². The molecule has 0 aliphatic heterocycles. The van der Waals surface area contributed by atoms with Crippen molar-refractivity contribution in [3.8, 4) is 0 Å². The highest BCUT2D eigenvalue weighted by atomic mass is 32.1. The van der Waals surface area contributed by atoms with Crippen LogP contribution in [0, 0.1) is 5.92 Å². The van der Waals surface area contributed by atoms with Crippen molar-refractivity contribution in [2.24, 2.45) is 5.92 Å². The number of aryl methyl sites for hydroxylation is 1. The Labute approximate surface area is 154 Å². The predicted molar refractivity (Wildman–Crippen MR) is 93.0 cm³/mol. The van der Waals surface area contributed by atoms with Crippen LogP contribution in [0.25, 0.3) is 0 Å². The van der Waals surface area contributed by atoms with Crippen molar-refractivity contribution < 1.29 is 18.1 Å². The third-order valence-electron chi connectivity index (χ3n) is 5.16. The van der Waals surface area contributed by atoms with Gasteiger partial charge in [0, 0.05) is 48.2 Å². The molecule has 2 aliphatic rings. The van der Waals surface area contributed by atoms with E-state index in [1.807, 2.05) is 6.07 Å². The molecule has 5 nitrogen and oxygen atoms in total. The van der Waals surface area contributed by atoms with Crippen LogP contribution in [0.15, 0.2) is 22.0 Å². The lowest BCUT2D eigenvalue weighted by Gasteiger charge is -2.33. The third-order valence-corrected chi connectivity index (χ3v) is 6.03. The average Bonchev–Trinajstić information content (AvgIpc) is 3.25. The lowest BCUT2D eigenvalue weighted by molar-refractivity contribution is -0.150. The Balaban J connectivity index is 1.31. The minimum Gasteiger partial charge on any atom is -0.361 e. The van der Waals surface area contributed by atoms with Crippen LogP contribution in [0.1, 0.15) is 41.2 Å². The SMILES string of the molecule is O=C(NCc1noc2c1CC(NCc1cccs1)CC2)C1CC(F)(F)C1. The second kappa shape index (κ2) is 7.08. The van der Waals surface area contributed by atoms with Gasteiger partial charge in [-0.05, 0) is 24.3 Å². The monoisotopic (exact) mass is 381 g/mol. The van der Waals surface area contributed by atoms with E-state index in [4.69, 9.17) is 4.52 Å². The zero-order valence-corrected chi connectivity index (χ0v) is 15.1. The van der Waals surface area contributed by atoms with E-state index in [1.165, 1.54) is 4.88 Å². The van der Waals surface area contributed by atoms with E-state index in [9.17, 15) is 13.6 Å². The Hall–Kier alpha value is -1.80. The Kier molecular flexibility index (Phi) is 4.79. The number of aromatic nitrogens is 1. The van der Waals surface area contributed by atoms with Crippen molar-refractivity contribution in [1.82, 2.24) is 15.8 Å². The first kappa shape index (κ1) is 17.6. The Bertz CT molecular complexity index is 768. The molecule has 26 heavy (non-hydrogen) atoms. The molecule has 0 bridgehead atoms. The van der Waals surface area contributed by atoms with Crippen molar-refractivity contribution in [2.45, 2.75) is 57.2 Å². The number of hydrogen-bond acceptors (Lipinski definition) is 5. The molecule has 2 aromatic rings. The van der Waals surface area contributed by atoms with Gasteiger partial charge >= 0.3 is 0 Å². The lowest BCUT2D eigenvalue weighted by Crippen LogP contribution is -2.44. The van der Waals surface area contributed by atoms with Crippen LogP contribution in [0.2, 0.25) is 0 Å². The highest BCUT2D eigenvalue weighted by Gasteiger charge is 2.48. The maximum absolute atomic E-state index is 12.9. The van der Waals surface area contributed by atoms with Gasteiger partial charge in [0.2, 0.25) is 11.8 Å². The number of thiophene rings is 1. The molecule has 0 saturated heterocycles. The zero-order chi connectivity index (χ0) is 18.1. The van der Waals surface area contributed by atoms with Gasteiger partial charge in [0.05, 0.1) is 6.54 Å². The van der Waals surface area contributed by atoms with E-state index in [0.717, 1.165) is 37.1 Å². The topological polar surface area (TPSA) is 67.2 Å². The van der Waals surface area contributed by atoms with Crippen molar-refractivity contribution in [3.05, 3.63) is 39.4 Å². The summed E-state index contributed by atoms with van der Waals surface area (Å²) in [5.41, 5.74) is 1.75. The number of nitrogens with zero attached hydrogens (tertiary/aromatic N) is 1. The summed E-state index contributed by atoms with van der Waals surface area (Å²) in [6, 6.07) is 4.49. The Morgan fingerprint density at radius 2 is 2.23 bits per heavy atom. The average molecular weight is 381 g/mol. The second-order valence-corrected chi connectivity index (χ2v) is 8.14. The molecule has 4 rings (SSSR count). The molecule has 2 N–H and O–H groups in total. The van der Waals surface area contributed by atoms with E-state index in [-0.39, 0.29) is 25.3 Å². The summed E-state index contributed by atoms with van der Waals surface area (Å²) >= 11 is 1.73. The van der Waals surface area contributed by atoms with Crippen LogP contribution in [0.5, 0.6) is 0 Å². The van der Waals surface area contributed by atoms with E-state index in [2.05, 4.69) is 27.2 Å². The molecule has 1 atom stereocenters. The molecule has 1 amide bonds. The predicted octanol–water partition coefficient (Wildman–Crippen LogP) is 3.04. The summed E-state index contributed by atoms with van der Waals surface area (Å²) in [5, 5.41) is 12.4. The van der Waals surface area contributed by atoms with Crippen LogP contribution in [0.3, 0.4) is 0 Å².